The molecule has 8 nitrogen and oxygen atoms in total. The van der Waals surface area contributed by atoms with Crippen molar-refractivity contribution in [3.8, 4) is 11.3 Å². The van der Waals surface area contributed by atoms with E-state index in [1.54, 1.807) is 37.3 Å². The number of carbonyl (C=O) groups excluding carboxylic acids is 4. The maximum atomic E-state index is 13.0. The monoisotopic (exact) mass is 449 g/mol. The Morgan fingerprint density at radius 3 is 2.53 bits per heavy atom. The Morgan fingerprint density at radius 2 is 1.84 bits per heavy atom. The Labute approximate surface area is 186 Å². The van der Waals surface area contributed by atoms with E-state index in [1.807, 2.05) is 0 Å². The van der Waals surface area contributed by atoms with Crippen LogP contribution in [0.4, 0.5) is 10.5 Å². The molecule has 1 N–H and O–H groups in total. The predicted molar refractivity (Wildman–Crippen MR) is 114 cm³/mol. The molecule has 0 radical (unpaired) electrons. The van der Waals surface area contributed by atoms with Crippen LogP contribution in [-0.4, -0.2) is 23.8 Å². The third-order valence-electron chi connectivity index (χ3n) is 4.84. The third kappa shape index (κ3) is 3.79. The average Bonchev–Trinajstić information content (AvgIpc) is 3.21. The van der Waals surface area contributed by atoms with Crippen LogP contribution in [0.1, 0.15) is 21.7 Å². The Kier molecular flexibility index (Phi) is 5.38. The smallest absolute Gasteiger partial charge is 0.335 e. The van der Waals surface area contributed by atoms with Gasteiger partial charge in [0.05, 0.1) is 16.7 Å². The minimum atomic E-state index is -1.40. The van der Waals surface area contributed by atoms with E-state index >= 15 is 0 Å². The molecule has 0 unspecified atom stereocenters. The highest BCUT2D eigenvalue weighted by molar-refractivity contribution is 6.39. The number of carbonyl (C=O) groups is 4. The lowest BCUT2D eigenvalue weighted by Gasteiger charge is -2.27. The first-order chi connectivity index (χ1) is 15.3. The third-order valence-corrected chi connectivity index (χ3v) is 5.16. The van der Waals surface area contributed by atoms with Gasteiger partial charge in [-0.2, -0.15) is 0 Å². The van der Waals surface area contributed by atoms with Crippen LogP contribution in [0, 0.1) is 6.92 Å². The Balaban J connectivity index is 1.67. The summed E-state index contributed by atoms with van der Waals surface area (Å²) in [4.78, 5) is 49.5. The van der Waals surface area contributed by atoms with E-state index in [0.717, 1.165) is 4.90 Å². The van der Waals surface area contributed by atoms with Crippen LogP contribution in [-0.2, 0) is 9.59 Å². The van der Waals surface area contributed by atoms with Crippen molar-refractivity contribution < 1.29 is 28.7 Å². The molecule has 0 saturated carbocycles. The number of imide groups is 2. The van der Waals surface area contributed by atoms with E-state index in [0.29, 0.717) is 22.6 Å². The van der Waals surface area contributed by atoms with Crippen molar-refractivity contribution in [2.75, 3.05) is 4.90 Å². The molecule has 32 heavy (non-hydrogen) atoms. The van der Waals surface area contributed by atoms with Gasteiger partial charge in [0.25, 0.3) is 11.8 Å². The summed E-state index contributed by atoms with van der Waals surface area (Å²) in [6.07, 6.45) is 1.23. The molecule has 1 aliphatic heterocycles. The number of furan rings is 1. The second-order valence-corrected chi connectivity index (χ2v) is 7.34. The second kappa shape index (κ2) is 8.16. The summed E-state index contributed by atoms with van der Waals surface area (Å²) in [5, 5.41) is 13.1. The molecule has 9 heteroatoms. The zero-order valence-electron chi connectivity index (χ0n) is 16.5. The Hall–Kier alpha value is -4.17. The van der Waals surface area contributed by atoms with Gasteiger partial charge in [0.15, 0.2) is 0 Å². The highest BCUT2D eigenvalue weighted by Gasteiger charge is 2.37. The van der Waals surface area contributed by atoms with Crippen molar-refractivity contribution in [1.29, 1.82) is 0 Å². The minimum Gasteiger partial charge on any atom is -0.545 e. The lowest BCUT2D eigenvalue weighted by molar-refractivity contribution is -0.255. The van der Waals surface area contributed by atoms with Crippen molar-refractivity contribution in [1.82, 2.24) is 5.32 Å². The summed E-state index contributed by atoms with van der Waals surface area (Å²) in [7, 11) is 0. The van der Waals surface area contributed by atoms with Gasteiger partial charge in [-0.05, 0) is 42.8 Å². The zero-order chi connectivity index (χ0) is 23.0. The van der Waals surface area contributed by atoms with Crippen molar-refractivity contribution in [3.63, 3.8) is 0 Å². The fourth-order valence-corrected chi connectivity index (χ4v) is 3.51. The fraction of sp³-hybridized carbons (Fsp3) is 0.0435. The van der Waals surface area contributed by atoms with Crippen LogP contribution in [0.3, 0.4) is 0 Å². The first-order valence-electron chi connectivity index (χ1n) is 9.34. The van der Waals surface area contributed by atoms with Gasteiger partial charge in [-0.15, -0.1) is 0 Å². The summed E-state index contributed by atoms with van der Waals surface area (Å²) in [5.74, 6) is -2.52. The lowest BCUT2D eigenvalue weighted by Crippen LogP contribution is -2.54. The number of nitrogens with one attached hydrogen (secondary N) is 1. The van der Waals surface area contributed by atoms with Crippen LogP contribution in [0.25, 0.3) is 17.4 Å². The molecule has 0 atom stereocenters. The number of hydrogen-bond donors (Lipinski definition) is 1. The summed E-state index contributed by atoms with van der Waals surface area (Å²) in [6, 6.07) is 13.2. The van der Waals surface area contributed by atoms with Crippen LogP contribution in [0.5, 0.6) is 0 Å². The lowest BCUT2D eigenvalue weighted by atomic mass is 10.1. The van der Waals surface area contributed by atoms with E-state index < -0.39 is 23.8 Å². The quantitative estimate of drug-likeness (QED) is 0.483. The topological polar surface area (TPSA) is 120 Å². The summed E-state index contributed by atoms with van der Waals surface area (Å²) in [6.45, 7) is 1.74. The molecule has 1 fully saturated rings. The molecule has 1 aliphatic rings. The van der Waals surface area contributed by atoms with Gasteiger partial charge in [0.2, 0.25) is 0 Å². The first kappa shape index (κ1) is 21.1. The predicted octanol–water partition coefficient (Wildman–Crippen LogP) is 2.94. The van der Waals surface area contributed by atoms with Gasteiger partial charge in [-0.25, -0.2) is 9.69 Å². The number of urea groups is 1. The maximum absolute atomic E-state index is 13.0. The number of nitrogens with zero attached hydrogens (tertiary/aromatic N) is 1. The first-order valence-corrected chi connectivity index (χ1v) is 9.72. The van der Waals surface area contributed by atoms with E-state index in [2.05, 4.69) is 5.32 Å². The molecule has 160 valence electrons. The standard InChI is InChI=1S/C23H15ClN2O6/c1-12-4-2-3-5-18(12)26-21(28)16(20(27)25-23(26)31)11-14-7-9-19(32-14)13-6-8-15(22(29)30)17(24)10-13/h2-11H,1H3,(H,29,30)(H,25,27,31)/p-1/b16-11-. The normalized spacial score (nSPS) is 15.2. The van der Waals surface area contributed by atoms with E-state index in [4.69, 9.17) is 16.0 Å². The number of benzene rings is 2. The van der Waals surface area contributed by atoms with Crippen LogP contribution in [0.15, 0.2) is 64.6 Å². The Morgan fingerprint density at radius 1 is 1.09 bits per heavy atom. The number of anilines is 1. The highest BCUT2D eigenvalue weighted by Crippen LogP contribution is 2.29. The molecule has 2 aromatic carbocycles. The number of carboxylic acids is 1. The number of rotatable bonds is 4. The zero-order valence-corrected chi connectivity index (χ0v) is 17.3. The number of halogens is 1. The highest BCUT2D eigenvalue weighted by atomic mass is 35.5. The molecule has 4 amide bonds. The number of amides is 4. The number of aromatic carboxylic acids is 1. The van der Waals surface area contributed by atoms with Crippen molar-refractivity contribution in [2.45, 2.75) is 6.92 Å². The molecule has 3 aromatic rings. The minimum absolute atomic E-state index is 0.0203. The van der Waals surface area contributed by atoms with Crippen molar-refractivity contribution >= 4 is 47.2 Å². The molecule has 4 rings (SSSR count). The average molecular weight is 450 g/mol. The van der Waals surface area contributed by atoms with Crippen molar-refractivity contribution in [2.24, 2.45) is 0 Å². The van der Waals surface area contributed by atoms with Gasteiger partial charge in [-0.1, -0.05) is 41.9 Å². The number of barbiturate groups is 1. The fourth-order valence-electron chi connectivity index (χ4n) is 3.25. The molecule has 0 bridgehead atoms. The van der Waals surface area contributed by atoms with Gasteiger partial charge >= 0.3 is 6.03 Å². The number of hydrogen-bond acceptors (Lipinski definition) is 6. The Bertz CT molecular complexity index is 1320. The molecule has 0 aliphatic carbocycles. The number of carboxylic acid groups (broad SMARTS) is 1. The largest absolute Gasteiger partial charge is 0.545 e. The molecular formula is C23H14ClN2O6-. The molecular weight excluding hydrogens is 436 g/mol. The molecule has 1 saturated heterocycles. The van der Waals surface area contributed by atoms with E-state index in [9.17, 15) is 24.3 Å². The summed E-state index contributed by atoms with van der Waals surface area (Å²) >= 11 is 5.97. The van der Waals surface area contributed by atoms with Gasteiger partial charge < -0.3 is 14.3 Å². The number of para-hydroxylation sites is 1. The summed E-state index contributed by atoms with van der Waals surface area (Å²) in [5.41, 5.74) is 1.09. The van der Waals surface area contributed by atoms with E-state index in [-0.39, 0.29) is 21.9 Å². The van der Waals surface area contributed by atoms with Crippen LogP contribution in [0.2, 0.25) is 5.02 Å². The summed E-state index contributed by atoms with van der Waals surface area (Å²) < 4.78 is 5.68. The molecule has 1 aromatic heterocycles. The van der Waals surface area contributed by atoms with Crippen LogP contribution >= 0.6 is 11.6 Å². The van der Waals surface area contributed by atoms with E-state index in [1.165, 1.54) is 30.3 Å². The van der Waals surface area contributed by atoms with Crippen molar-refractivity contribution in [3.05, 3.63) is 82.1 Å². The molecule has 0 spiro atoms. The van der Waals surface area contributed by atoms with Crippen LogP contribution < -0.4 is 15.3 Å². The molecule has 2 heterocycles. The van der Waals surface area contributed by atoms with Gasteiger partial charge in [-0.3, -0.25) is 14.9 Å². The van der Waals surface area contributed by atoms with Gasteiger partial charge in [0.1, 0.15) is 17.1 Å². The maximum Gasteiger partial charge on any atom is 0.335 e. The second-order valence-electron chi connectivity index (χ2n) is 6.93. The SMILES string of the molecule is Cc1ccccc1N1C(=O)NC(=O)/C(=C/c2ccc(-c3ccc(C(=O)[O-])c(Cl)c3)o2)C1=O. The van der Waals surface area contributed by atoms with Gasteiger partial charge in [0, 0.05) is 11.1 Å². The number of aryl methyl sites for hydroxylation is 1.